The Morgan fingerprint density at radius 2 is 1.74 bits per heavy atom. The van der Waals surface area contributed by atoms with Crippen LogP contribution in [0.1, 0.15) is 29.7 Å². The van der Waals surface area contributed by atoms with Crippen LogP contribution in [0.15, 0.2) is 18.2 Å². The predicted molar refractivity (Wildman–Crippen MR) is 86.5 cm³/mol. The molecule has 1 amide bonds. The predicted octanol–water partition coefficient (Wildman–Crippen LogP) is 0.827. The molecule has 1 rings (SSSR count). The number of carboxylic acids is 1. The minimum atomic E-state index is -3.50. The van der Waals surface area contributed by atoms with Crippen molar-refractivity contribution < 1.29 is 23.1 Å². The second-order valence-electron chi connectivity index (χ2n) is 5.42. The monoisotopic (exact) mass is 342 g/mol. The summed E-state index contributed by atoms with van der Waals surface area (Å²) in [6, 6.07) is 4.03. The number of rotatable bonds is 7. The van der Waals surface area contributed by atoms with Crippen molar-refractivity contribution in [3.8, 4) is 0 Å². The van der Waals surface area contributed by atoms with Gasteiger partial charge in [0.15, 0.2) is 6.04 Å². The molecule has 8 heteroatoms. The zero-order valence-corrected chi connectivity index (χ0v) is 14.5. The normalized spacial score (nSPS) is 12.9. The van der Waals surface area contributed by atoms with Crippen molar-refractivity contribution in [1.82, 2.24) is 9.62 Å². The van der Waals surface area contributed by atoms with E-state index in [1.54, 1.807) is 12.1 Å². The number of hydrogen-bond donors (Lipinski definition) is 2. The van der Waals surface area contributed by atoms with E-state index in [1.807, 2.05) is 19.9 Å². The second-order valence-corrected chi connectivity index (χ2v) is 7.78. The number of amides is 1. The Kier molecular flexibility index (Phi) is 6.28. The summed E-state index contributed by atoms with van der Waals surface area (Å²) in [6.45, 7) is 4.71. The summed E-state index contributed by atoms with van der Waals surface area (Å²) in [6.07, 6.45) is 0. The number of carbonyl (C=O) groups is 2. The highest BCUT2D eigenvalue weighted by Gasteiger charge is 2.25. The van der Waals surface area contributed by atoms with E-state index >= 15 is 0 Å². The van der Waals surface area contributed by atoms with E-state index in [1.165, 1.54) is 14.0 Å². The number of aliphatic carboxylic acids is 1. The molecule has 1 aromatic carbocycles. The first-order valence-corrected chi connectivity index (χ1v) is 8.72. The van der Waals surface area contributed by atoms with Crippen molar-refractivity contribution in [3.05, 3.63) is 34.9 Å². The summed E-state index contributed by atoms with van der Waals surface area (Å²) in [5, 5.41) is 11.7. The highest BCUT2D eigenvalue weighted by atomic mass is 32.2. The minimum absolute atomic E-state index is 0.129. The molecule has 1 unspecified atom stereocenters. The van der Waals surface area contributed by atoms with Gasteiger partial charge in [0, 0.05) is 7.05 Å². The van der Waals surface area contributed by atoms with Crippen LogP contribution in [0.5, 0.6) is 0 Å². The summed E-state index contributed by atoms with van der Waals surface area (Å²) in [5.74, 6) is -2.00. The Labute approximate surface area is 136 Å². The van der Waals surface area contributed by atoms with Gasteiger partial charge in [0.2, 0.25) is 15.9 Å². The van der Waals surface area contributed by atoms with Gasteiger partial charge in [-0.3, -0.25) is 4.79 Å². The fourth-order valence-electron chi connectivity index (χ4n) is 2.19. The highest BCUT2D eigenvalue weighted by molar-refractivity contribution is 7.89. The Morgan fingerprint density at radius 1 is 1.22 bits per heavy atom. The van der Waals surface area contributed by atoms with Crippen molar-refractivity contribution in [1.29, 1.82) is 0 Å². The summed E-state index contributed by atoms with van der Waals surface area (Å²) in [5.41, 5.74) is 2.21. The smallest absolute Gasteiger partial charge is 0.330 e. The van der Waals surface area contributed by atoms with Crippen LogP contribution >= 0.6 is 0 Å². The van der Waals surface area contributed by atoms with Crippen LogP contribution in [0.25, 0.3) is 0 Å². The van der Waals surface area contributed by atoms with Gasteiger partial charge in [-0.25, -0.2) is 13.2 Å². The third kappa shape index (κ3) is 5.33. The van der Waals surface area contributed by atoms with Gasteiger partial charge in [0.25, 0.3) is 0 Å². The molecule has 23 heavy (non-hydrogen) atoms. The van der Waals surface area contributed by atoms with Gasteiger partial charge in [-0.15, -0.1) is 0 Å². The average molecular weight is 342 g/mol. The van der Waals surface area contributed by atoms with Crippen molar-refractivity contribution in [2.24, 2.45) is 0 Å². The van der Waals surface area contributed by atoms with E-state index < -0.39 is 34.5 Å². The lowest BCUT2D eigenvalue weighted by Crippen LogP contribution is -2.42. The third-order valence-electron chi connectivity index (χ3n) is 3.34. The molecular weight excluding hydrogens is 320 g/mol. The molecule has 0 fully saturated rings. The van der Waals surface area contributed by atoms with Crippen molar-refractivity contribution >= 4 is 21.9 Å². The van der Waals surface area contributed by atoms with Crippen LogP contribution in [-0.4, -0.2) is 49.1 Å². The maximum absolute atomic E-state index is 12.0. The SMILES string of the molecule is CCS(=O)(=O)N(C)CC(=O)NC(C(=O)O)c1cc(C)cc(C)c1. The second kappa shape index (κ2) is 7.56. The number of carboxylic acid groups (broad SMARTS) is 1. The Hall–Kier alpha value is -1.93. The molecule has 0 saturated carbocycles. The summed E-state index contributed by atoms with van der Waals surface area (Å²) >= 11 is 0. The number of carbonyl (C=O) groups excluding carboxylic acids is 1. The maximum atomic E-state index is 12.0. The molecule has 1 atom stereocenters. The van der Waals surface area contributed by atoms with Crippen molar-refractivity contribution in [2.75, 3.05) is 19.3 Å². The molecule has 0 radical (unpaired) electrons. The number of benzene rings is 1. The van der Waals surface area contributed by atoms with E-state index in [4.69, 9.17) is 0 Å². The first-order valence-electron chi connectivity index (χ1n) is 7.11. The Balaban J connectivity index is 2.93. The van der Waals surface area contributed by atoms with E-state index in [-0.39, 0.29) is 5.75 Å². The first-order chi connectivity index (χ1) is 10.6. The van der Waals surface area contributed by atoms with Gasteiger partial charge in [0.05, 0.1) is 12.3 Å². The van der Waals surface area contributed by atoms with Gasteiger partial charge >= 0.3 is 5.97 Å². The average Bonchev–Trinajstić information content (AvgIpc) is 2.43. The molecule has 0 aliphatic heterocycles. The Bertz CT molecular complexity index is 680. The first kappa shape index (κ1) is 19.1. The van der Waals surface area contributed by atoms with Gasteiger partial charge in [-0.1, -0.05) is 29.3 Å². The number of nitrogens with one attached hydrogen (secondary N) is 1. The fourth-order valence-corrected chi connectivity index (χ4v) is 2.95. The third-order valence-corrected chi connectivity index (χ3v) is 5.14. The zero-order valence-electron chi connectivity index (χ0n) is 13.7. The molecule has 0 bridgehead atoms. The highest BCUT2D eigenvalue weighted by Crippen LogP contribution is 2.17. The topological polar surface area (TPSA) is 104 Å². The van der Waals surface area contributed by atoms with Crippen LogP contribution in [0, 0.1) is 13.8 Å². The lowest BCUT2D eigenvalue weighted by molar-refractivity contribution is -0.142. The quantitative estimate of drug-likeness (QED) is 0.764. The van der Waals surface area contributed by atoms with Gasteiger partial charge in [0.1, 0.15) is 0 Å². The van der Waals surface area contributed by atoms with Crippen LogP contribution in [-0.2, 0) is 19.6 Å². The van der Waals surface area contributed by atoms with Crippen LogP contribution in [0.4, 0.5) is 0 Å². The summed E-state index contributed by atoms with van der Waals surface area (Å²) in [4.78, 5) is 23.4. The van der Waals surface area contributed by atoms with Crippen molar-refractivity contribution in [2.45, 2.75) is 26.8 Å². The molecule has 0 aliphatic rings. The molecule has 128 valence electrons. The Morgan fingerprint density at radius 3 is 2.17 bits per heavy atom. The lowest BCUT2D eigenvalue weighted by atomic mass is 10.0. The van der Waals surface area contributed by atoms with Crippen LogP contribution < -0.4 is 5.32 Å². The van der Waals surface area contributed by atoms with Crippen LogP contribution in [0.3, 0.4) is 0 Å². The van der Waals surface area contributed by atoms with Gasteiger partial charge < -0.3 is 10.4 Å². The zero-order chi connectivity index (χ0) is 17.8. The molecule has 0 heterocycles. The van der Waals surface area contributed by atoms with Crippen molar-refractivity contribution in [3.63, 3.8) is 0 Å². The summed E-state index contributed by atoms with van der Waals surface area (Å²) < 4.78 is 24.2. The molecule has 0 spiro atoms. The molecule has 2 N–H and O–H groups in total. The molecule has 0 saturated heterocycles. The number of nitrogens with zero attached hydrogens (tertiary/aromatic N) is 1. The number of sulfonamides is 1. The molecule has 7 nitrogen and oxygen atoms in total. The van der Waals surface area contributed by atoms with E-state index in [2.05, 4.69) is 5.32 Å². The van der Waals surface area contributed by atoms with E-state index in [0.29, 0.717) is 5.56 Å². The number of hydrogen-bond acceptors (Lipinski definition) is 4. The van der Waals surface area contributed by atoms with Gasteiger partial charge in [-0.2, -0.15) is 4.31 Å². The molecule has 1 aromatic rings. The van der Waals surface area contributed by atoms with Crippen LogP contribution in [0.2, 0.25) is 0 Å². The molecule has 0 aromatic heterocycles. The number of aryl methyl sites for hydroxylation is 2. The largest absolute Gasteiger partial charge is 0.479 e. The van der Waals surface area contributed by atoms with Gasteiger partial charge in [-0.05, 0) is 26.3 Å². The van der Waals surface area contributed by atoms with E-state index in [0.717, 1.165) is 15.4 Å². The van der Waals surface area contributed by atoms with E-state index in [9.17, 15) is 23.1 Å². The molecule has 0 aliphatic carbocycles. The summed E-state index contributed by atoms with van der Waals surface area (Å²) in [7, 11) is -2.22. The fraction of sp³-hybridized carbons (Fsp3) is 0.467. The lowest BCUT2D eigenvalue weighted by Gasteiger charge is -2.19. The maximum Gasteiger partial charge on any atom is 0.330 e. The standard InChI is InChI=1S/C15H22N2O5S/c1-5-23(21,22)17(4)9-13(18)16-14(15(19)20)12-7-10(2)6-11(3)8-12/h6-8,14H,5,9H2,1-4H3,(H,16,18)(H,19,20). The number of likely N-dealkylation sites (N-methyl/N-ethyl adjacent to an activating group) is 1. The minimum Gasteiger partial charge on any atom is -0.479 e. The molecular formula is C15H22N2O5S.